The molecule has 5 heteroatoms. The summed E-state index contributed by atoms with van der Waals surface area (Å²) >= 11 is 2.90. The minimum atomic E-state index is -0.885. The van der Waals surface area contributed by atoms with Crippen molar-refractivity contribution in [1.29, 1.82) is 0 Å². The predicted octanol–water partition coefficient (Wildman–Crippen LogP) is 2.32. The van der Waals surface area contributed by atoms with Crippen LogP contribution in [0.1, 0.15) is 0 Å². The van der Waals surface area contributed by atoms with Gasteiger partial charge in [-0.1, -0.05) is 0 Å². The third-order valence-electron chi connectivity index (χ3n) is 1.37. The summed E-state index contributed by atoms with van der Waals surface area (Å²) in [5.74, 6) is -2.13. The van der Waals surface area contributed by atoms with Gasteiger partial charge in [0.25, 0.3) is 0 Å². The third-order valence-corrected chi connectivity index (χ3v) is 2.02. The summed E-state index contributed by atoms with van der Waals surface area (Å²) in [6.45, 7) is 0. The second-order valence-electron chi connectivity index (χ2n) is 2.10. The molecule has 0 fully saturated rings. The summed E-state index contributed by atoms with van der Waals surface area (Å²) in [6, 6.07) is 1.05. The molecule has 0 heterocycles. The Kier molecular flexibility index (Phi) is 2.52. The van der Waals surface area contributed by atoms with Crippen molar-refractivity contribution in [2.45, 2.75) is 0 Å². The molecule has 0 aliphatic carbocycles. The number of nitrogen functional groups attached to an aromatic ring is 1. The highest BCUT2D eigenvalue weighted by Crippen LogP contribution is 2.32. The number of anilines is 1. The lowest BCUT2D eigenvalue weighted by Gasteiger charge is -2.06. The Morgan fingerprint density at radius 1 is 1.50 bits per heavy atom. The number of benzene rings is 1. The zero-order chi connectivity index (χ0) is 9.30. The largest absolute Gasteiger partial charge is 0.491 e. The van der Waals surface area contributed by atoms with Crippen molar-refractivity contribution in [3.8, 4) is 5.75 Å². The maximum absolute atomic E-state index is 13.0. The fourth-order valence-electron chi connectivity index (χ4n) is 0.774. The van der Waals surface area contributed by atoms with Gasteiger partial charge in [0.2, 0.25) is 0 Å². The fourth-order valence-corrected chi connectivity index (χ4v) is 1.15. The molecule has 12 heavy (non-hydrogen) atoms. The Morgan fingerprint density at radius 3 is 2.58 bits per heavy atom. The molecule has 0 aromatic heterocycles. The highest BCUT2D eigenvalue weighted by atomic mass is 79.9. The van der Waals surface area contributed by atoms with Crippen molar-refractivity contribution in [3.05, 3.63) is 22.2 Å². The first-order chi connectivity index (χ1) is 5.57. The number of ether oxygens (including phenoxy) is 1. The average molecular weight is 238 g/mol. The minimum Gasteiger partial charge on any atom is -0.491 e. The van der Waals surface area contributed by atoms with Crippen molar-refractivity contribution >= 4 is 21.6 Å². The summed E-state index contributed by atoms with van der Waals surface area (Å²) in [4.78, 5) is 0. The van der Waals surface area contributed by atoms with E-state index < -0.39 is 17.4 Å². The average Bonchev–Trinajstić information content (AvgIpc) is 2.01. The molecular formula is C7H6BrF2NO. The van der Waals surface area contributed by atoms with Crippen molar-refractivity contribution in [2.75, 3.05) is 12.8 Å². The lowest BCUT2D eigenvalue weighted by Crippen LogP contribution is -1.99. The van der Waals surface area contributed by atoms with Gasteiger partial charge in [0.15, 0.2) is 17.4 Å². The molecule has 2 N–H and O–H groups in total. The zero-order valence-corrected chi connectivity index (χ0v) is 7.78. The van der Waals surface area contributed by atoms with Gasteiger partial charge in [-0.15, -0.1) is 0 Å². The van der Waals surface area contributed by atoms with E-state index >= 15 is 0 Å². The van der Waals surface area contributed by atoms with Crippen LogP contribution in [0.25, 0.3) is 0 Å². The van der Waals surface area contributed by atoms with Crippen LogP contribution in [0.5, 0.6) is 5.75 Å². The van der Waals surface area contributed by atoms with Gasteiger partial charge in [-0.05, 0) is 22.0 Å². The molecule has 0 saturated heterocycles. The van der Waals surface area contributed by atoms with E-state index in [1.165, 1.54) is 7.11 Å². The van der Waals surface area contributed by atoms with E-state index in [2.05, 4.69) is 20.7 Å². The van der Waals surface area contributed by atoms with E-state index in [1.807, 2.05) is 0 Å². The number of halogens is 3. The molecule has 66 valence electrons. The highest BCUT2D eigenvalue weighted by molar-refractivity contribution is 9.10. The summed E-state index contributed by atoms with van der Waals surface area (Å²) in [5, 5.41) is 0. The van der Waals surface area contributed by atoms with E-state index in [9.17, 15) is 8.78 Å². The zero-order valence-electron chi connectivity index (χ0n) is 6.20. The first-order valence-electron chi connectivity index (χ1n) is 3.05. The van der Waals surface area contributed by atoms with E-state index in [4.69, 9.17) is 5.73 Å². The van der Waals surface area contributed by atoms with Gasteiger partial charge in [-0.3, -0.25) is 0 Å². The molecule has 1 aromatic rings. The number of hydrogen-bond acceptors (Lipinski definition) is 2. The number of hydrogen-bond donors (Lipinski definition) is 1. The van der Waals surface area contributed by atoms with Gasteiger partial charge in [0.05, 0.1) is 12.8 Å². The molecule has 0 amide bonds. The Hall–Kier alpha value is -0.840. The topological polar surface area (TPSA) is 35.2 Å². The van der Waals surface area contributed by atoms with Crippen LogP contribution >= 0.6 is 15.9 Å². The fraction of sp³-hybridized carbons (Fsp3) is 0.143. The molecule has 2 nitrogen and oxygen atoms in total. The second-order valence-corrected chi connectivity index (χ2v) is 2.96. The lowest BCUT2D eigenvalue weighted by molar-refractivity contribution is 0.360. The number of nitrogens with two attached hydrogens (primary N) is 1. The molecule has 0 radical (unpaired) electrons. The Labute approximate surface area is 76.4 Å². The summed E-state index contributed by atoms with van der Waals surface area (Å²) in [7, 11) is 1.18. The smallest absolute Gasteiger partial charge is 0.192 e. The maximum Gasteiger partial charge on any atom is 0.192 e. The molecule has 1 aromatic carbocycles. The highest BCUT2D eigenvalue weighted by Gasteiger charge is 2.15. The van der Waals surface area contributed by atoms with Crippen LogP contribution in [0.15, 0.2) is 10.5 Å². The van der Waals surface area contributed by atoms with E-state index in [0.29, 0.717) is 0 Å². The van der Waals surface area contributed by atoms with E-state index in [1.54, 1.807) is 0 Å². The van der Waals surface area contributed by atoms with Crippen LogP contribution in [-0.2, 0) is 0 Å². The normalized spacial score (nSPS) is 10.0. The molecule has 1 rings (SSSR count). The lowest BCUT2D eigenvalue weighted by atomic mass is 10.3. The van der Waals surface area contributed by atoms with Gasteiger partial charge in [-0.2, -0.15) is 0 Å². The molecular weight excluding hydrogens is 232 g/mol. The van der Waals surface area contributed by atoms with Crippen molar-refractivity contribution in [1.82, 2.24) is 0 Å². The van der Waals surface area contributed by atoms with E-state index in [0.717, 1.165) is 6.07 Å². The predicted molar refractivity (Wildman–Crippen MR) is 45.0 cm³/mol. The molecule has 0 unspecified atom stereocenters. The van der Waals surface area contributed by atoms with Crippen molar-refractivity contribution in [3.63, 3.8) is 0 Å². The van der Waals surface area contributed by atoms with Gasteiger partial charge in [-0.25, -0.2) is 8.78 Å². The molecule has 0 aliphatic rings. The quantitative estimate of drug-likeness (QED) is 0.762. The first-order valence-corrected chi connectivity index (χ1v) is 3.84. The summed E-state index contributed by atoms with van der Waals surface area (Å²) < 4.78 is 30.5. The standard InChI is InChI=1S/C7H6BrF2NO/c1-12-7-4(9)2-3(8)6(11)5(7)10/h2H,11H2,1H3. The van der Waals surface area contributed by atoms with Gasteiger partial charge >= 0.3 is 0 Å². The van der Waals surface area contributed by atoms with Gasteiger partial charge in [0, 0.05) is 4.47 Å². The Balaban J connectivity index is 3.40. The third kappa shape index (κ3) is 1.36. The second kappa shape index (κ2) is 3.26. The molecule has 0 spiro atoms. The van der Waals surface area contributed by atoms with Crippen molar-refractivity contribution < 1.29 is 13.5 Å². The monoisotopic (exact) mass is 237 g/mol. The van der Waals surface area contributed by atoms with Gasteiger partial charge < -0.3 is 10.5 Å². The Morgan fingerprint density at radius 2 is 2.08 bits per heavy atom. The summed E-state index contributed by atoms with van der Waals surface area (Å²) in [5.41, 5.74) is 5.10. The molecule has 0 aliphatic heterocycles. The van der Waals surface area contributed by atoms with Crippen LogP contribution in [0.2, 0.25) is 0 Å². The van der Waals surface area contributed by atoms with Gasteiger partial charge in [0.1, 0.15) is 0 Å². The van der Waals surface area contributed by atoms with Crippen LogP contribution in [-0.4, -0.2) is 7.11 Å². The van der Waals surface area contributed by atoms with Crippen LogP contribution in [0, 0.1) is 11.6 Å². The number of methoxy groups -OCH3 is 1. The molecule has 0 atom stereocenters. The molecule has 0 saturated carbocycles. The minimum absolute atomic E-state index is 0.159. The molecule has 0 bridgehead atoms. The first kappa shape index (κ1) is 9.25. The summed E-state index contributed by atoms with van der Waals surface area (Å²) in [6.07, 6.45) is 0. The van der Waals surface area contributed by atoms with Crippen LogP contribution < -0.4 is 10.5 Å². The van der Waals surface area contributed by atoms with Crippen LogP contribution in [0.3, 0.4) is 0 Å². The Bertz CT molecular complexity index is 317. The van der Waals surface area contributed by atoms with Crippen LogP contribution in [0.4, 0.5) is 14.5 Å². The SMILES string of the molecule is COc1c(F)cc(Br)c(N)c1F. The number of rotatable bonds is 1. The maximum atomic E-state index is 13.0. The van der Waals surface area contributed by atoms with Crippen molar-refractivity contribution in [2.24, 2.45) is 0 Å². The van der Waals surface area contributed by atoms with E-state index in [-0.39, 0.29) is 10.2 Å².